The predicted octanol–water partition coefficient (Wildman–Crippen LogP) is 4.31. The number of carbonyl (C=O) groups is 1. The van der Waals surface area contributed by atoms with E-state index < -0.39 is 0 Å². The zero-order valence-electron chi connectivity index (χ0n) is 15.1. The number of hydrogen-bond acceptors (Lipinski definition) is 2. The fourth-order valence-corrected chi connectivity index (χ4v) is 2.02. The molecule has 0 fully saturated rings. The van der Waals surface area contributed by atoms with Crippen LogP contribution in [0.2, 0.25) is 0 Å². The van der Waals surface area contributed by atoms with Gasteiger partial charge in [0, 0.05) is 17.9 Å². The molecule has 0 atom stereocenters. The number of anilines is 1. The number of aromatic nitrogens is 2. The summed E-state index contributed by atoms with van der Waals surface area (Å²) in [7, 11) is 0. The summed E-state index contributed by atoms with van der Waals surface area (Å²) < 4.78 is 1.91. The van der Waals surface area contributed by atoms with E-state index in [4.69, 9.17) is 5.10 Å². The summed E-state index contributed by atoms with van der Waals surface area (Å²) in [5.41, 5.74) is 0.751. The van der Waals surface area contributed by atoms with Crippen molar-refractivity contribution < 1.29 is 4.79 Å². The number of hydrogen-bond donors (Lipinski definition) is 1. The Bertz CT molecular complexity index is 508. The Hall–Kier alpha value is -1.32. The van der Waals surface area contributed by atoms with E-state index in [-0.39, 0.29) is 22.3 Å². The molecule has 0 aliphatic rings. The smallest absolute Gasteiger partial charge is 0.226 e. The van der Waals surface area contributed by atoms with E-state index in [1.807, 2.05) is 10.7 Å². The molecule has 1 aromatic heterocycles. The molecule has 0 saturated carbocycles. The third-order valence-electron chi connectivity index (χ3n) is 3.07. The number of nitrogens with one attached hydrogen (secondary N) is 1. The van der Waals surface area contributed by atoms with E-state index in [2.05, 4.69) is 67.6 Å². The monoisotopic (exact) mass is 293 g/mol. The summed E-state index contributed by atoms with van der Waals surface area (Å²) in [6.45, 7) is 18.8. The normalized spacial score (nSPS) is 13.4. The first kappa shape index (κ1) is 17.7. The van der Waals surface area contributed by atoms with Crippen LogP contribution in [0, 0.1) is 5.41 Å². The summed E-state index contributed by atoms with van der Waals surface area (Å²) in [5, 5.41) is 7.73. The minimum Gasteiger partial charge on any atom is -0.311 e. The van der Waals surface area contributed by atoms with Crippen LogP contribution >= 0.6 is 0 Å². The average molecular weight is 293 g/mol. The Kier molecular flexibility index (Phi) is 4.62. The summed E-state index contributed by atoms with van der Waals surface area (Å²) in [6, 6.07) is 1.99. The first-order chi connectivity index (χ1) is 9.20. The molecule has 4 nitrogen and oxygen atoms in total. The fraction of sp³-hybridized carbons (Fsp3) is 0.765. The number of nitrogens with zero attached hydrogens (tertiary/aromatic N) is 2. The van der Waals surface area contributed by atoms with Gasteiger partial charge >= 0.3 is 0 Å². The predicted molar refractivity (Wildman–Crippen MR) is 88.6 cm³/mol. The minimum absolute atomic E-state index is 0.0243. The van der Waals surface area contributed by atoms with Crippen molar-refractivity contribution in [2.75, 3.05) is 5.32 Å². The van der Waals surface area contributed by atoms with Crippen LogP contribution in [0.4, 0.5) is 5.82 Å². The van der Waals surface area contributed by atoms with Crippen molar-refractivity contribution in [3.8, 4) is 0 Å². The van der Waals surface area contributed by atoms with Gasteiger partial charge in [-0.25, -0.2) is 4.68 Å². The van der Waals surface area contributed by atoms with E-state index in [0.717, 1.165) is 11.5 Å². The summed E-state index contributed by atoms with van der Waals surface area (Å²) in [4.78, 5) is 12.2. The SMILES string of the molecule is CC(C)(C)CC(=O)Nc1cc(C(C)(C)C)nn1C(C)(C)C. The van der Waals surface area contributed by atoms with Crippen LogP contribution in [0.15, 0.2) is 6.07 Å². The maximum atomic E-state index is 12.2. The molecule has 0 saturated heterocycles. The molecule has 1 rings (SSSR count). The molecule has 0 aliphatic carbocycles. The summed E-state index contributed by atoms with van der Waals surface area (Å²) in [6.07, 6.45) is 0.493. The van der Waals surface area contributed by atoms with E-state index in [1.54, 1.807) is 0 Å². The van der Waals surface area contributed by atoms with E-state index in [9.17, 15) is 4.79 Å². The van der Waals surface area contributed by atoms with E-state index in [1.165, 1.54) is 0 Å². The van der Waals surface area contributed by atoms with Gasteiger partial charge in [0.2, 0.25) is 5.91 Å². The molecule has 1 N–H and O–H groups in total. The molecule has 1 aromatic rings. The quantitative estimate of drug-likeness (QED) is 0.883. The molecule has 21 heavy (non-hydrogen) atoms. The average Bonchev–Trinajstić information content (AvgIpc) is 2.56. The third-order valence-corrected chi connectivity index (χ3v) is 3.07. The highest BCUT2D eigenvalue weighted by atomic mass is 16.1. The highest BCUT2D eigenvalue weighted by Gasteiger charge is 2.26. The van der Waals surface area contributed by atoms with Gasteiger partial charge in [-0.15, -0.1) is 0 Å². The lowest BCUT2D eigenvalue weighted by molar-refractivity contribution is -0.117. The minimum atomic E-state index is -0.173. The highest BCUT2D eigenvalue weighted by molar-refractivity contribution is 5.90. The van der Waals surface area contributed by atoms with Crippen LogP contribution in [0.25, 0.3) is 0 Å². The van der Waals surface area contributed by atoms with Crippen molar-refractivity contribution >= 4 is 11.7 Å². The Labute approximate surface area is 129 Å². The van der Waals surface area contributed by atoms with Crippen LogP contribution in [-0.2, 0) is 15.7 Å². The molecule has 1 amide bonds. The first-order valence-corrected chi connectivity index (χ1v) is 7.61. The Morgan fingerprint density at radius 1 is 1.10 bits per heavy atom. The number of rotatable bonds is 2. The van der Waals surface area contributed by atoms with Gasteiger partial charge in [0.05, 0.1) is 11.2 Å². The summed E-state index contributed by atoms with van der Waals surface area (Å²) >= 11 is 0. The van der Waals surface area contributed by atoms with Crippen LogP contribution in [-0.4, -0.2) is 15.7 Å². The molecule has 0 aliphatic heterocycles. The van der Waals surface area contributed by atoms with Crippen LogP contribution in [0.1, 0.15) is 74.4 Å². The second-order valence-corrected chi connectivity index (χ2v) is 9.03. The Balaban J connectivity index is 3.11. The van der Waals surface area contributed by atoms with Gasteiger partial charge < -0.3 is 5.32 Å². The van der Waals surface area contributed by atoms with Crippen molar-refractivity contribution in [3.05, 3.63) is 11.8 Å². The maximum absolute atomic E-state index is 12.2. The standard InChI is InChI=1S/C17H31N3O/c1-15(2,3)11-14(21)18-13-10-12(16(4,5)6)19-20(13)17(7,8)9/h10H,11H2,1-9H3,(H,18,21). The van der Waals surface area contributed by atoms with Gasteiger partial charge in [0.1, 0.15) is 5.82 Å². The topological polar surface area (TPSA) is 46.9 Å². The van der Waals surface area contributed by atoms with Crippen LogP contribution in [0.5, 0.6) is 0 Å². The molecular formula is C17H31N3O. The van der Waals surface area contributed by atoms with Gasteiger partial charge in [-0.2, -0.15) is 5.10 Å². The molecule has 1 heterocycles. The van der Waals surface area contributed by atoms with Crippen molar-refractivity contribution in [2.45, 2.75) is 79.7 Å². The molecule has 0 bridgehead atoms. The van der Waals surface area contributed by atoms with Crippen molar-refractivity contribution in [3.63, 3.8) is 0 Å². The van der Waals surface area contributed by atoms with Gasteiger partial charge in [0.15, 0.2) is 0 Å². The molecule has 120 valence electrons. The fourth-order valence-electron chi connectivity index (χ4n) is 2.02. The third kappa shape index (κ3) is 5.18. The Morgan fingerprint density at radius 3 is 2.00 bits per heavy atom. The van der Waals surface area contributed by atoms with Crippen molar-refractivity contribution in [1.29, 1.82) is 0 Å². The van der Waals surface area contributed by atoms with E-state index >= 15 is 0 Å². The zero-order valence-corrected chi connectivity index (χ0v) is 15.1. The second kappa shape index (κ2) is 5.47. The van der Waals surface area contributed by atoms with Gasteiger partial charge in [-0.05, 0) is 26.2 Å². The molecular weight excluding hydrogens is 262 g/mol. The number of amides is 1. The van der Waals surface area contributed by atoms with Gasteiger partial charge in [-0.3, -0.25) is 4.79 Å². The lowest BCUT2D eigenvalue weighted by Gasteiger charge is -2.23. The lowest BCUT2D eigenvalue weighted by Crippen LogP contribution is -2.28. The second-order valence-electron chi connectivity index (χ2n) is 9.03. The molecule has 4 heteroatoms. The lowest BCUT2D eigenvalue weighted by atomic mass is 9.91. The van der Waals surface area contributed by atoms with Crippen LogP contribution < -0.4 is 5.32 Å². The number of carbonyl (C=O) groups excluding carboxylic acids is 1. The molecule has 0 radical (unpaired) electrons. The molecule has 0 aromatic carbocycles. The summed E-state index contributed by atoms with van der Waals surface area (Å²) in [5.74, 6) is 0.815. The van der Waals surface area contributed by atoms with Crippen molar-refractivity contribution in [2.24, 2.45) is 5.41 Å². The highest BCUT2D eigenvalue weighted by Crippen LogP contribution is 2.29. The van der Waals surface area contributed by atoms with Crippen molar-refractivity contribution in [1.82, 2.24) is 9.78 Å². The van der Waals surface area contributed by atoms with Crippen LogP contribution in [0.3, 0.4) is 0 Å². The van der Waals surface area contributed by atoms with E-state index in [0.29, 0.717) is 6.42 Å². The first-order valence-electron chi connectivity index (χ1n) is 7.61. The van der Waals surface area contributed by atoms with Gasteiger partial charge in [0.25, 0.3) is 0 Å². The largest absolute Gasteiger partial charge is 0.311 e. The zero-order chi connectivity index (χ0) is 16.6. The molecule has 0 unspecified atom stereocenters. The molecule has 0 spiro atoms. The Morgan fingerprint density at radius 2 is 1.62 bits per heavy atom. The van der Waals surface area contributed by atoms with Gasteiger partial charge in [-0.1, -0.05) is 41.5 Å². The maximum Gasteiger partial charge on any atom is 0.226 e.